The molecule has 3 aromatic heterocycles. The Morgan fingerprint density at radius 1 is 1.13 bits per heavy atom. The molecule has 0 unspecified atom stereocenters. The Morgan fingerprint density at radius 2 is 1.93 bits per heavy atom. The molecule has 0 spiro atoms. The third-order valence-electron chi connectivity index (χ3n) is 5.67. The normalized spacial score (nSPS) is 13.8. The molecule has 5 rings (SSSR count). The summed E-state index contributed by atoms with van der Waals surface area (Å²) >= 11 is 0. The zero-order chi connectivity index (χ0) is 20.8. The van der Waals surface area contributed by atoms with Gasteiger partial charge < -0.3 is 19.2 Å². The third-order valence-corrected chi connectivity index (χ3v) is 5.67. The van der Waals surface area contributed by atoms with E-state index in [1.54, 1.807) is 37.1 Å². The molecule has 1 aromatic carbocycles. The highest BCUT2D eigenvalue weighted by Crippen LogP contribution is 2.37. The maximum atomic E-state index is 13.1. The van der Waals surface area contributed by atoms with Crippen LogP contribution in [-0.2, 0) is 13.1 Å². The average Bonchev–Trinajstić information content (AvgIpc) is 3.15. The monoisotopic (exact) mass is 404 g/mol. The fourth-order valence-corrected chi connectivity index (χ4v) is 3.99. The van der Waals surface area contributed by atoms with Crippen LogP contribution in [0.25, 0.3) is 21.9 Å². The summed E-state index contributed by atoms with van der Waals surface area (Å²) in [6.07, 6.45) is 4.02. The number of carbonyl (C=O) groups excluding carboxylic acids is 2. The van der Waals surface area contributed by atoms with Crippen molar-refractivity contribution in [2.45, 2.75) is 25.9 Å². The van der Waals surface area contributed by atoms with Gasteiger partial charge in [-0.15, -0.1) is 0 Å². The summed E-state index contributed by atoms with van der Waals surface area (Å²) in [6, 6.07) is 13.3. The van der Waals surface area contributed by atoms with Crippen LogP contribution >= 0.6 is 0 Å². The number of aromatic nitrogens is 2. The van der Waals surface area contributed by atoms with Crippen molar-refractivity contribution in [1.29, 1.82) is 0 Å². The third kappa shape index (κ3) is 3.07. The number of carbonyl (C=O) groups is 2. The molecule has 0 radical (unpaired) electrons. The quantitative estimate of drug-likeness (QED) is 0.545. The molecule has 0 atom stereocenters. The van der Waals surface area contributed by atoms with Gasteiger partial charge >= 0.3 is 6.03 Å². The molecular formula is C23H24N4O3. The molecule has 0 bridgehead atoms. The van der Waals surface area contributed by atoms with E-state index in [-0.39, 0.29) is 18.5 Å². The molecule has 2 amide bonds. The second-order valence-corrected chi connectivity index (χ2v) is 8.11. The van der Waals surface area contributed by atoms with Crippen molar-refractivity contribution < 1.29 is 14.0 Å². The van der Waals surface area contributed by atoms with E-state index in [1.807, 2.05) is 24.3 Å². The highest BCUT2D eigenvalue weighted by atomic mass is 16.3. The summed E-state index contributed by atoms with van der Waals surface area (Å²) < 4.78 is 9.10. The van der Waals surface area contributed by atoms with E-state index in [4.69, 9.17) is 4.42 Å². The highest BCUT2D eigenvalue weighted by molar-refractivity contribution is 6.14. The van der Waals surface area contributed by atoms with Gasteiger partial charge in [0.2, 0.25) is 0 Å². The molecule has 4 aromatic rings. The fraction of sp³-hybridized carbons (Fsp3) is 0.304. The van der Waals surface area contributed by atoms with Gasteiger partial charge in [0, 0.05) is 26.0 Å². The van der Waals surface area contributed by atoms with Crippen LogP contribution in [0.3, 0.4) is 0 Å². The summed E-state index contributed by atoms with van der Waals surface area (Å²) in [4.78, 5) is 27.7. The Kier molecular flexibility index (Phi) is 4.38. The fourth-order valence-electron chi connectivity index (χ4n) is 3.99. The number of furan rings is 1. The van der Waals surface area contributed by atoms with Gasteiger partial charge in [0.15, 0.2) is 0 Å². The van der Waals surface area contributed by atoms with Crippen molar-refractivity contribution in [1.82, 2.24) is 19.4 Å². The van der Waals surface area contributed by atoms with Gasteiger partial charge in [-0.1, -0.05) is 18.2 Å². The maximum Gasteiger partial charge on any atom is 0.328 e. The van der Waals surface area contributed by atoms with Gasteiger partial charge in [0.25, 0.3) is 5.91 Å². The molecular weight excluding hydrogens is 380 g/mol. The first-order valence-corrected chi connectivity index (χ1v) is 10.2. The number of fused-ring (bicyclic) bond motifs is 3. The molecule has 7 heteroatoms. The van der Waals surface area contributed by atoms with Crippen LogP contribution in [0.15, 0.2) is 53.1 Å². The number of para-hydroxylation sites is 1. The largest absolute Gasteiger partial charge is 0.467 e. The summed E-state index contributed by atoms with van der Waals surface area (Å²) in [7, 11) is 3.39. The lowest BCUT2D eigenvalue weighted by Gasteiger charge is -2.15. The van der Waals surface area contributed by atoms with Gasteiger partial charge in [0.05, 0.1) is 29.4 Å². The Balaban J connectivity index is 1.66. The van der Waals surface area contributed by atoms with E-state index >= 15 is 0 Å². The van der Waals surface area contributed by atoms with Crippen LogP contribution in [0.5, 0.6) is 0 Å². The van der Waals surface area contributed by atoms with Crippen LogP contribution < -0.4 is 5.32 Å². The van der Waals surface area contributed by atoms with Gasteiger partial charge in [-0.2, -0.15) is 0 Å². The number of nitrogens with zero attached hydrogens (tertiary/aromatic N) is 3. The molecule has 1 aliphatic carbocycles. The van der Waals surface area contributed by atoms with E-state index in [2.05, 4.69) is 16.0 Å². The highest BCUT2D eigenvalue weighted by Gasteiger charge is 2.29. The lowest BCUT2D eigenvalue weighted by atomic mass is 10.2. The molecule has 1 saturated carbocycles. The lowest BCUT2D eigenvalue weighted by molar-refractivity contribution is 0.0939. The van der Waals surface area contributed by atoms with Crippen LogP contribution in [0.1, 0.15) is 29.1 Å². The van der Waals surface area contributed by atoms with Gasteiger partial charge in [0.1, 0.15) is 11.5 Å². The van der Waals surface area contributed by atoms with E-state index < -0.39 is 0 Å². The first-order valence-electron chi connectivity index (χ1n) is 10.2. The van der Waals surface area contributed by atoms with Gasteiger partial charge in [-0.3, -0.25) is 9.36 Å². The minimum absolute atomic E-state index is 0.248. The Labute approximate surface area is 173 Å². The number of benzene rings is 1. The molecule has 7 nitrogen and oxygen atoms in total. The lowest BCUT2D eigenvalue weighted by Crippen LogP contribution is -2.32. The molecule has 1 aliphatic rings. The molecule has 0 saturated heterocycles. The second kappa shape index (κ2) is 7.09. The molecule has 1 fully saturated rings. The predicted octanol–water partition coefficient (Wildman–Crippen LogP) is 4.06. The minimum atomic E-state index is -0.306. The zero-order valence-electron chi connectivity index (χ0n) is 17.1. The maximum absolute atomic E-state index is 13.1. The smallest absolute Gasteiger partial charge is 0.328 e. The molecule has 1 N–H and O–H groups in total. The number of hydrogen-bond acceptors (Lipinski definition) is 3. The Morgan fingerprint density at radius 3 is 2.63 bits per heavy atom. The molecule has 154 valence electrons. The van der Waals surface area contributed by atoms with Gasteiger partial charge in [-0.05, 0) is 43.0 Å². The average molecular weight is 404 g/mol. The molecule has 0 aliphatic heterocycles. The van der Waals surface area contributed by atoms with Crippen molar-refractivity contribution in [2.75, 3.05) is 14.1 Å². The van der Waals surface area contributed by atoms with Crippen LogP contribution in [0, 0.1) is 5.92 Å². The standard InChI is InChI=1S/C23H24N4O3/c1-25(2)23(29)27-20(22(28)24-13-16-6-5-11-30-16)12-19-21(27)17-7-3-4-8-18(17)26(19)14-15-9-10-15/h3-8,11-12,15H,9-10,13-14H2,1-2H3,(H,24,28). The first-order chi connectivity index (χ1) is 14.5. The summed E-state index contributed by atoms with van der Waals surface area (Å²) in [6.45, 7) is 1.16. The summed E-state index contributed by atoms with van der Waals surface area (Å²) in [5.41, 5.74) is 3.13. The van der Waals surface area contributed by atoms with Crippen molar-refractivity contribution in [3.63, 3.8) is 0 Å². The second-order valence-electron chi connectivity index (χ2n) is 8.11. The summed E-state index contributed by atoms with van der Waals surface area (Å²) in [5, 5.41) is 3.85. The van der Waals surface area contributed by atoms with Crippen LogP contribution in [0.2, 0.25) is 0 Å². The van der Waals surface area contributed by atoms with Crippen LogP contribution in [0.4, 0.5) is 4.79 Å². The topological polar surface area (TPSA) is 72.4 Å². The Bertz CT molecular complexity index is 1240. The van der Waals surface area contributed by atoms with Crippen molar-refractivity contribution in [3.8, 4) is 0 Å². The number of hydrogen-bond donors (Lipinski definition) is 1. The molecule has 30 heavy (non-hydrogen) atoms. The van der Waals surface area contributed by atoms with Crippen molar-refractivity contribution in [2.24, 2.45) is 5.92 Å². The van der Waals surface area contributed by atoms with E-state index in [0.717, 1.165) is 28.5 Å². The van der Waals surface area contributed by atoms with Crippen molar-refractivity contribution in [3.05, 3.63) is 60.2 Å². The molecule has 3 heterocycles. The van der Waals surface area contributed by atoms with Gasteiger partial charge in [-0.25, -0.2) is 4.79 Å². The summed E-state index contributed by atoms with van der Waals surface area (Å²) in [5.74, 6) is 1.02. The number of rotatable bonds is 5. The van der Waals surface area contributed by atoms with E-state index in [9.17, 15) is 9.59 Å². The van der Waals surface area contributed by atoms with Crippen molar-refractivity contribution >= 4 is 33.9 Å². The predicted molar refractivity (Wildman–Crippen MR) is 115 cm³/mol. The van der Waals surface area contributed by atoms with Crippen LogP contribution in [-0.4, -0.2) is 40.1 Å². The number of amides is 2. The van der Waals surface area contributed by atoms with E-state index in [0.29, 0.717) is 17.4 Å². The first kappa shape index (κ1) is 18.5. The number of nitrogens with one attached hydrogen (secondary N) is 1. The SMILES string of the molecule is CN(C)C(=O)n1c(C(=O)NCc2ccco2)cc2c1c1ccccc1n2CC1CC1. The zero-order valence-corrected chi connectivity index (χ0v) is 17.1. The van der Waals surface area contributed by atoms with E-state index in [1.165, 1.54) is 17.7 Å². The Hall–Kier alpha value is -3.48. The minimum Gasteiger partial charge on any atom is -0.467 e.